The highest BCUT2D eigenvalue weighted by atomic mass is 19.1. The van der Waals surface area contributed by atoms with Gasteiger partial charge in [-0.05, 0) is 77.6 Å². The molecular formula is C30H29F2N7. The number of rotatable bonds is 7. The summed E-state index contributed by atoms with van der Waals surface area (Å²) in [4.78, 5) is 9.61. The van der Waals surface area contributed by atoms with Gasteiger partial charge in [0.2, 0.25) is 0 Å². The second-order valence-corrected chi connectivity index (χ2v) is 9.46. The number of fused-ring (bicyclic) bond motifs is 1. The van der Waals surface area contributed by atoms with Crippen LogP contribution in [0, 0.1) is 25.5 Å². The van der Waals surface area contributed by atoms with Crippen LogP contribution in [0.25, 0.3) is 33.4 Å². The Morgan fingerprint density at radius 1 is 0.897 bits per heavy atom. The molecule has 0 amide bonds. The topological polar surface area (TPSA) is 107 Å². The maximum Gasteiger partial charge on any atom is 0.160 e. The summed E-state index contributed by atoms with van der Waals surface area (Å²) < 4.78 is 30.0. The van der Waals surface area contributed by atoms with Crippen molar-refractivity contribution in [3.05, 3.63) is 107 Å². The molecule has 0 saturated heterocycles. The first-order chi connectivity index (χ1) is 18.8. The fourth-order valence-corrected chi connectivity index (χ4v) is 4.89. The van der Waals surface area contributed by atoms with E-state index in [2.05, 4.69) is 29.1 Å². The summed E-state index contributed by atoms with van der Waals surface area (Å²) in [5.41, 5.74) is 16.6. The average molecular weight is 526 g/mol. The van der Waals surface area contributed by atoms with E-state index in [1.807, 2.05) is 43.3 Å². The van der Waals surface area contributed by atoms with Gasteiger partial charge < -0.3 is 10.3 Å². The van der Waals surface area contributed by atoms with Crippen molar-refractivity contribution in [2.24, 2.45) is 16.7 Å². The van der Waals surface area contributed by atoms with Crippen LogP contribution < -0.4 is 17.1 Å². The summed E-state index contributed by atoms with van der Waals surface area (Å²) >= 11 is 0. The summed E-state index contributed by atoms with van der Waals surface area (Å²) in [6, 6.07) is 18.9. The lowest BCUT2D eigenvalue weighted by Gasteiger charge is -2.14. The Labute approximate surface area is 225 Å². The van der Waals surface area contributed by atoms with E-state index in [9.17, 15) is 8.78 Å². The fraction of sp³-hybridized carbons (Fsp3) is 0.167. The van der Waals surface area contributed by atoms with Crippen LogP contribution in [0.3, 0.4) is 0 Å². The van der Waals surface area contributed by atoms with Crippen LogP contribution in [0.4, 0.5) is 8.78 Å². The molecule has 5 N–H and O–H groups in total. The van der Waals surface area contributed by atoms with Gasteiger partial charge in [-0.1, -0.05) is 37.3 Å². The molecule has 5 aromatic rings. The van der Waals surface area contributed by atoms with E-state index in [0.717, 1.165) is 57.4 Å². The number of nitrogens with zero attached hydrogens (tertiary/aromatic N) is 4. The first kappa shape index (κ1) is 26.0. The molecule has 2 aromatic heterocycles. The third-order valence-corrected chi connectivity index (χ3v) is 6.70. The summed E-state index contributed by atoms with van der Waals surface area (Å²) in [5, 5.41) is 3.93. The molecule has 39 heavy (non-hydrogen) atoms. The van der Waals surface area contributed by atoms with Gasteiger partial charge in [0.25, 0.3) is 0 Å². The second-order valence-electron chi connectivity index (χ2n) is 9.46. The molecule has 0 bridgehead atoms. The number of hydrazine groups is 1. The SMILES string of the molecule is CCc1nc2c(C)cc(C)nc2n1Cc1ccc(-c2cc(-c3cc(F)cc(F)c3)ccc2/C(N)=N/NN)cc1. The molecule has 3 aromatic carbocycles. The van der Waals surface area contributed by atoms with E-state index in [4.69, 9.17) is 21.5 Å². The molecule has 0 fully saturated rings. The number of hydrogen-bond acceptors (Lipinski definition) is 5. The maximum absolute atomic E-state index is 13.9. The highest BCUT2D eigenvalue weighted by molar-refractivity contribution is 6.04. The highest BCUT2D eigenvalue weighted by Gasteiger charge is 2.15. The molecule has 0 atom stereocenters. The monoisotopic (exact) mass is 525 g/mol. The number of imidazole rings is 1. The van der Waals surface area contributed by atoms with Crippen LogP contribution in [-0.2, 0) is 13.0 Å². The minimum atomic E-state index is -0.647. The predicted octanol–water partition coefficient (Wildman–Crippen LogP) is 5.35. The van der Waals surface area contributed by atoms with Crippen LogP contribution >= 0.6 is 0 Å². The first-order valence-electron chi connectivity index (χ1n) is 12.6. The summed E-state index contributed by atoms with van der Waals surface area (Å²) in [6.45, 7) is 6.75. The summed E-state index contributed by atoms with van der Waals surface area (Å²) in [5.74, 6) is 5.23. The van der Waals surface area contributed by atoms with Crippen LogP contribution in [0.2, 0.25) is 0 Å². The van der Waals surface area contributed by atoms with Crippen molar-refractivity contribution >= 4 is 17.0 Å². The average Bonchev–Trinajstić information content (AvgIpc) is 3.26. The zero-order chi connectivity index (χ0) is 27.7. The molecule has 7 nitrogen and oxygen atoms in total. The molecule has 5 rings (SSSR count). The van der Waals surface area contributed by atoms with Gasteiger partial charge >= 0.3 is 0 Å². The van der Waals surface area contributed by atoms with Crippen LogP contribution in [-0.4, -0.2) is 20.4 Å². The third kappa shape index (κ3) is 5.21. The molecule has 0 saturated carbocycles. The standard InChI is InChI=1S/C30H29F2N7/c1-4-27-36-28-17(2)11-18(3)35-30(28)39(27)16-19-5-7-20(8-6-19)26-14-21(9-10-25(26)29(33)37-38-34)22-12-23(31)15-24(32)13-22/h5-15,38H,4,16,34H2,1-3H3,(H2,33,37). The van der Waals surface area contributed by atoms with Crippen molar-refractivity contribution in [2.75, 3.05) is 0 Å². The van der Waals surface area contributed by atoms with Crippen LogP contribution in [0.1, 0.15) is 35.1 Å². The maximum atomic E-state index is 13.9. The van der Waals surface area contributed by atoms with Gasteiger partial charge in [0.1, 0.15) is 23.0 Å². The summed E-state index contributed by atoms with van der Waals surface area (Å²) in [7, 11) is 0. The molecule has 0 aliphatic carbocycles. The van der Waals surface area contributed by atoms with Gasteiger partial charge in [0.15, 0.2) is 11.5 Å². The van der Waals surface area contributed by atoms with E-state index in [0.29, 0.717) is 23.2 Å². The Hall–Kier alpha value is -4.63. The van der Waals surface area contributed by atoms with E-state index in [1.54, 1.807) is 12.1 Å². The van der Waals surface area contributed by atoms with Crippen molar-refractivity contribution in [1.29, 1.82) is 0 Å². The number of hydrogen-bond donors (Lipinski definition) is 3. The fourth-order valence-electron chi connectivity index (χ4n) is 4.89. The summed E-state index contributed by atoms with van der Waals surface area (Å²) in [6.07, 6.45) is 0.789. The van der Waals surface area contributed by atoms with Gasteiger partial charge in [-0.2, -0.15) is 0 Å². The zero-order valence-corrected chi connectivity index (χ0v) is 22.0. The lowest BCUT2D eigenvalue weighted by molar-refractivity contribution is 0.584. The van der Waals surface area contributed by atoms with Gasteiger partial charge in [0, 0.05) is 23.7 Å². The van der Waals surface area contributed by atoms with E-state index < -0.39 is 11.6 Å². The molecular weight excluding hydrogens is 496 g/mol. The van der Waals surface area contributed by atoms with Gasteiger partial charge in [-0.25, -0.2) is 30.1 Å². The number of aryl methyl sites for hydroxylation is 3. The number of benzene rings is 3. The van der Waals surface area contributed by atoms with E-state index >= 15 is 0 Å². The smallest absolute Gasteiger partial charge is 0.160 e. The predicted molar refractivity (Wildman–Crippen MR) is 151 cm³/mol. The minimum absolute atomic E-state index is 0.183. The second kappa shape index (κ2) is 10.6. The third-order valence-electron chi connectivity index (χ3n) is 6.70. The normalized spacial score (nSPS) is 11.8. The number of amidine groups is 1. The van der Waals surface area contributed by atoms with Crippen molar-refractivity contribution in [2.45, 2.75) is 33.7 Å². The molecule has 9 heteroatoms. The lowest BCUT2D eigenvalue weighted by Crippen LogP contribution is -2.23. The Morgan fingerprint density at radius 2 is 1.59 bits per heavy atom. The largest absolute Gasteiger partial charge is 0.382 e. The van der Waals surface area contributed by atoms with Gasteiger partial charge in [0.05, 0.1) is 6.54 Å². The number of nitrogens with two attached hydrogens (primary N) is 2. The van der Waals surface area contributed by atoms with E-state index in [1.165, 1.54) is 12.1 Å². The number of pyridine rings is 1. The van der Waals surface area contributed by atoms with E-state index in [-0.39, 0.29) is 5.84 Å². The van der Waals surface area contributed by atoms with Gasteiger partial charge in [-0.15, -0.1) is 5.10 Å². The Balaban J connectivity index is 1.55. The molecule has 2 heterocycles. The van der Waals surface area contributed by atoms with Crippen molar-refractivity contribution in [1.82, 2.24) is 20.1 Å². The highest BCUT2D eigenvalue weighted by Crippen LogP contribution is 2.31. The van der Waals surface area contributed by atoms with Crippen LogP contribution in [0.5, 0.6) is 0 Å². The number of nitrogens with one attached hydrogen (secondary N) is 1. The number of halogens is 2. The van der Waals surface area contributed by atoms with Crippen LogP contribution in [0.15, 0.2) is 71.8 Å². The Kier molecular flexibility index (Phi) is 7.08. The van der Waals surface area contributed by atoms with Crippen molar-refractivity contribution in [3.63, 3.8) is 0 Å². The lowest BCUT2D eigenvalue weighted by atomic mass is 9.93. The molecule has 0 aliphatic heterocycles. The van der Waals surface area contributed by atoms with Gasteiger partial charge in [-0.3, -0.25) is 0 Å². The first-order valence-corrected chi connectivity index (χ1v) is 12.6. The Bertz CT molecular complexity index is 1690. The molecule has 0 radical (unpaired) electrons. The van der Waals surface area contributed by atoms with Crippen molar-refractivity contribution < 1.29 is 8.78 Å². The molecule has 0 aliphatic rings. The van der Waals surface area contributed by atoms with Crippen molar-refractivity contribution in [3.8, 4) is 22.3 Å². The number of aromatic nitrogens is 3. The number of hydrazone groups is 1. The minimum Gasteiger partial charge on any atom is -0.382 e. The quantitative estimate of drug-likeness (QED) is 0.115. The molecule has 0 unspecified atom stereocenters. The molecule has 0 spiro atoms. The zero-order valence-electron chi connectivity index (χ0n) is 22.0. The molecule has 198 valence electrons. The Morgan fingerprint density at radius 3 is 2.26 bits per heavy atom.